The fourth-order valence-corrected chi connectivity index (χ4v) is 1.55. The Hall–Kier alpha value is -1.89. The molecule has 1 aromatic rings. The van der Waals surface area contributed by atoms with Gasteiger partial charge in [-0.15, -0.1) is 0 Å². The standard InChI is InChI=1S/C9H11N3O4/c13-7-6(8(14)15)4-12(9(16)11-7)3-5-1-10-2-5/h4-5,10H,1-3H2,(H,14,15)(H,11,13,16). The lowest BCUT2D eigenvalue weighted by atomic mass is 10.0. The molecule has 0 saturated carbocycles. The molecule has 0 aliphatic carbocycles. The summed E-state index contributed by atoms with van der Waals surface area (Å²) in [5, 5.41) is 11.8. The highest BCUT2D eigenvalue weighted by Gasteiger charge is 2.19. The van der Waals surface area contributed by atoms with Gasteiger partial charge in [-0.3, -0.25) is 14.3 Å². The summed E-state index contributed by atoms with van der Waals surface area (Å²) in [7, 11) is 0. The number of H-pyrrole nitrogens is 1. The second-order valence-electron chi connectivity index (χ2n) is 3.78. The first kappa shape index (κ1) is 10.6. The lowest BCUT2D eigenvalue weighted by Crippen LogP contribution is -2.46. The molecule has 1 aromatic heterocycles. The third-order valence-corrected chi connectivity index (χ3v) is 2.56. The maximum Gasteiger partial charge on any atom is 0.342 e. The van der Waals surface area contributed by atoms with Gasteiger partial charge in [-0.05, 0) is 0 Å². The van der Waals surface area contributed by atoms with E-state index in [4.69, 9.17) is 5.11 Å². The van der Waals surface area contributed by atoms with E-state index < -0.39 is 22.8 Å². The van der Waals surface area contributed by atoms with Crippen LogP contribution in [0, 0.1) is 5.92 Å². The molecule has 0 spiro atoms. The van der Waals surface area contributed by atoms with Crippen molar-refractivity contribution in [2.75, 3.05) is 13.1 Å². The number of aromatic nitrogens is 2. The fraction of sp³-hybridized carbons (Fsp3) is 0.444. The van der Waals surface area contributed by atoms with Crippen molar-refractivity contribution in [1.82, 2.24) is 14.9 Å². The van der Waals surface area contributed by atoms with Crippen LogP contribution in [0.25, 0.3) is 0 Å². The number of aromatic amines is 1. The first-order valence-corrected chi connectivity index (χ1v) is 4.85. The van der Waals surface area contributed by atoms with Crippen LogP contribution in [0.4, 0.5) is 0 Å². The third-order valence-electron chi connectivity index (χ3n) is 2.56. The first-order chi connectivity index (χ1) is 7.58. The monoisotopic (exact) mass is 225 g/mol. The average Bonchev–Trinajstić information content (AvgIpc) is 2.13. The molecule has 0 atom stereocenters. The molecular formula is C9H11N3O4. The molecule has 0 bridgehead atoms. The zero-order chi connectivity index (χ0) is 11.7. The number of hydrogen-bond acceptors (Lipinski definition) is 4. The molecule has 2 heterocycles. The van der Waals surface area contributed by atoms with Crippen molar-refractivity contribution in [3.8, 4) is 0 Å². The summed E-state index contributed by atoms with van der Waals surface area (Å²) in [6.45, 7) is 2.02. The normalized spacial score (nSPS) is 15.8. The molecule has 16 heavy (non-hydrogen) atoms. The van der Waals surface area contributed by atoms with Crippen LogP contribution in [0.2, 0.25) is 0 Å². The van der Waals surface area contributed by atoms with Gasteiger partial charge < -0.3 is 10.4 Å². The Kier molecular flexibility index (Phi) is 2.61. The molecule has 1 saturated heterocycles. The van der Waals surface area contributed by atoms with Gasteiger partial charge in [0, 0.05) is 31.7 Å². The molecule has 0 radical (unpaired) electrons. The van der Waals surface area contributed by atoms with Gasteiger partial charge in [0.25, 0.3) is 5.56 Å². The van der Waals surface area contributed by atoms with Gasteiger partial charge in [-0.25, -0.2) is 9.59 Å². The maximum absolute atomic E-state index is 11.4. The Bertz CT molecular complexity index is 526. The number of carboxylic acids is 1. The number of nitrogens with zero attached hydrogens (tertiary/aromatic N) is 1. The van der Waals surface area contributed by atoms with E-state index in [1.54, 1.807) is 0 Å². The quantitative estimate of drug-likeness (QED) is 0.578. The van der Waals surface area contributed by atoms with Gasteiger partial charge in [0.05, 0.1) is 0 Å². The number of hydrogen-bond donors (Lipinski definition) is 3. The van der Waals surface area contributed by atoms with Gasteiger partial charge in [0.2, 0.25) is 0 Å². The van der Waals surface area contributed by atoms with Crippen molar-refractivity contribution in [2.45, 2.75) is 6.54 Å². The summed E-state index contributed by atoms with van der Waals surface area (Å²) in [5.41, 5.74) is -1.84. The van der Waals surface area contributed by atoms with Crippen molar-refractivity contribution in [2.24, 2.45) is 5.92 Å². The Balaban J connectivity index is 2.36. The van der Waals surface area contributed by atoms with E-state index in [1.807, 2.05) is 4.98 Å². The lowest BCUT2D eigenvalue weighted by Gasteiger charge is -2.27. The minimum atomic E-state index is -1.33. The van der Waals surface area contributed by atoms with Crippen LogP contribution in [0.3, 0.4) is 0 Å². The summed E-state index contributed by atoms with van der Waals surface area (Å²) < 4.78 is 1.23. The van der Waals surface area contributed by atoms with Crippen molar-refractivity contribution >= 4 is 5.97 Å². The second-order valence-corrected chi connectivity index (χ2v) is 3.78. The predicted octanol–water partition coefficient (Wildman–Crippen LogP) is -1.55. The summed E-state index contributed by atoms with van der Waals surface area (Å²) in [4.78, 5) is 35.2. The number of rotatable bonds is 3. The van der Waals surface area contributed by atoms with Crippen molar-refractivity contribution < 1.29 is 9.90 Å². The summed E-state index contributed by atoms with van der Waals surface area (Å²) in [6.07, 6.45) is 1.10. The largest absolute Gasteiger partial charge is 0.477 e. The van der Waals surface area contributed by atoms with E-state index in [0.717, 1.165) is 19.3 Å². The molecule has 0 aromatic carbocycles. The fourth-order valence-electron chi connectivity index (χ4n) is 1.55. The van der Waals surface area contributed by atoms with Crippen LogP contribution in [-0.4, -0.2) is 33.7 Å². The summed E-state index contributed by atoms with van der Waals surface area (Å²) in [5.74, 6) is -1.02. The molecule has 0 amide bonds. The van der Waals surface area contributed by atoms with Crippen LogP contribution in [0.1, 0.15) is 10.4 Å². The molecule has 1 aliphatic heterocycles. The van der Waals surface area contributed by atoms with E-state index >= 15 is 0 Å². The van der Waals surface area contributed by atoms with Crippen LogP contribution in [0.15, 0.2) is 15.8 Å². The smallest absolute Gasteiger partial charge is 0.342 e. The van der Waals surface area contributed by atoms with Crippen LogP contribution in [-0.2, 0) is 6.54 Å². The Labute approximate surface area is 89.7 Å². The average molecular weight is 225 g/mol. The molecule has 2 rings (SSSR count). The zero-order valence-electron chi connectivity index (χ0n) is 8.40. The predicted molar refractivity (Wildman–Crippen MR) is 54.6 cm³/mol. The summed E-state index contributed by atoms with van der Waals surface area (Å²) in [6, 6.07) is 0. The van der Waals surface area contributed by atoms with Gasteiger partial charge >= 0.3 is 11.7 Å². The second kappa shape index (κ2) is 3.93. The van der Waals surface area contributed by atoms with Crippen LogP contribution >= 0.6 is 0 Å². The zero-order valence-corrected chi connectivity index (χ0v) is 8.40. The van der Waals surface area contributed by atoms with E-state index in [-0.39, 0.29) is 0 Å². The molecule has 0 unspecified atom stereocenters. The SMILES string of the molecule is O=C(O)c1cn(CC2CNC2)c(=O)[nH]c1=O. The lowest BCUT2D eigenvalue weighted by molar-refractivity contribution is 0.0693. The highest BCUT2D eigenvalue weighted by atomic mass is 16.4. The number of nitrogens with one attached hydrogen (secondary N) is 2. The molecule has 86 valence electrons. The molecule has 3 N–H and O–H groups in total. The van der Waals surface area contributed by atoms with E-state index in [9.17, 15) is 14.4 Å². The number of aromatic carboxylic acids is 1. The summed E-state index contributed by atoms with van der Waals surface area (Å²) >= 11 is 0. The van der Waals surface area contributed by atoms with Gasteiger partial charge in [0.1, 0.15) is 5.56 Å². The molecule has 7 nitrogen and oxygen atoms in total. The van der Waals surface area contributed by atoms with Gasteiger partial charge in [-0.2, -0.15) is 0 Å². The number of carbonyl (C=O) groups is 1. The molecule has 1 fully saturated rings. The number of carboxylic acid groups (broad SMARTS) is 1. The molecule has 1 aliphatic rings. The first-order valence-electron chi connectivity index (χ1n) is 4.85. The van der Waals surface area contributed by atoms with Crippen molar-refractivity contribution in [3.05, 3.63) is 32.6 Å². The van der Waals surface area contributed by atoms with Gasteiger partial charge in [-0.1, -0.05) is 0 Å². The van der Waals surface area contributed by atoms with Crippen molar-refractivity contribution in [3.63, 3.8) is 0 Å². The third kappa shape index (κ3) is 1.89. The van der Waals surface area contributed by atoms with E-state index in [0.29, 0.717) is 12.5 Å². The van der Waals surface area contributed by atoms with Crippen LogP contribution in [0.5, 0.6) is 0 Å². The topological polar surface area (TPSA) is 104 Å². The molecule has 7 heteroatoms. The maximum atomic E-state index is 11.4. The van der Waals surface area contributed by atoms with E-state index in [2.05, 4.69) is 5.32 Å². The van der Waals surface area contributed by atoms with Crippen LogP contribution < -0.4 is 16.6 Å². The minimum absolute atomic E-state index is 0.310. The Morgan fingerprint density at radius 1 is 1.50 bits per heavy atom. The Morgan fingerprint density at radius 2 is 2.19 bits per heavy atom. The van der Waals surface area contributed by atoms with Gasteiger partial charge in [0.15, 0.2) is 0 Å². The highest BCUT2D eigenvalue weighted by molar-refractivity contribution is 5.86. The minimum Gasteiger partial charge on any atom is -0.477 e. The Morgan fingerprint density at radius 3 is 2.69 bits per heavy atom. The molecular weight excluding hydrogens is 214 g/mol. The van der Waals surface area contributed by atoms with Crippen molar-refractivity contribution in [1.29, 1.82) is 0 Å². The highest BCUT2D eigenvalue weighted by Crippen LogP contribution is 2.04. The van der Waals surface area contributed by atoms with E-state index in [1.165, 1.54) is 4.57 Å².